The summed E-state index contributed by atoms with van der Waals surface area (Å²) in [4.78, 5) is 4.51. The Hall–Kier alpha value is -1.36. The number of aryl methyl sites for hydroxylation is 1. The summed E-state index contributed by atoms with van der Waals surface area (Å²) in [5.41, 5.74) is 3.23. The maximum Gasteiger partial charge on any atom is 0.128 e. The predicted molar refractivity (Wildman–Crippen MR) is 83.9 cm³/mol. The maximum absolute atomic E-state index is 9.46. The minimum absolute atomic E-state index is 0.307. The number of aliphatic imine (C=N–C) groups is 1. The van der Waals surface area contributed by atoms with Gasteiger partial charge in [-0.15, -0.1) is 0 Å². The smallest absolute Gasteiger partial charge is 0.128 e. The van der Waals surface area contributed by atoms with Crippen molar-refractivity contribution >= 4 is 34.5 Å². The summed E-state index contributed by atoms with van der Waals surface area (Å²) in [6.45, 7) is 2.12. The van der Waals surface area contributed by atoms with E-state index in [-0.39, 0.29) is 0 Å². The fourth-order valence-corrected chi connectivity index (χ4v) is 2.22. The average Bonchev–Trinajstić information content (AvgIpc) is 2.40. The zero-order chi connectivity index (χ0) is 13.0. The van der Waals surface area contributed by atoms with Crippen LogP contribution >= 0.6 is 22.6 Å². The number of hydrogen-bond acceptors (Lipinski definition) is 2. The Balaban J connectivity index is 2.27. The van der Waals surface area contributed by atoms with E-state index in [1.807, 2.05) is 36.5 Å². The molecule has 0 amide bonds. The van der Waals surface area contributed by atoms with E-state index in [9.17, 15) is 5.11 Å². The first kappa shape index (κ1) is 13.1. The molecule has 3 heteroatoms. The molecule has 0 unspecified atom stereocenters. The highest BCUT2D eigenvalue weighted by atomic mass is 127. The molecule has 0 aromatic heterocycles. The number of para-hydroxylation sites is 1. The second-order valence-electron chi connectivity index (χ2n) is 3.95. The standard InChI is InChI=1S/C15H14INO/c1-2-12-5-3-4-6-14(12)17-10-11-7-8-15(18)13(16)9-11/h3-10,18H,2H2,1H3. The number of rotatable bonds is 3. The van der Waals surface area contributed by atoms with Gasteiger partial charge in [-0.25, -0.2) is 0 Å². The lowest BCUT2D eigenvalue weighted by Gasteiger charge is -2.02. The van der Waals surface area contributed by atoms with Gasteiger partial charge in [-0.05, 0) is 64.4 Å². The fraction of sp³-hybridized carbons (Fsp3) is 0.133. The first-order valence-corrected chi connectivity index (χ1v) is 6.89. The molecule has 0 aliphatic rings. The monoisotopic (exact) mass is 351 g/mol. The molecule has 0 heterocycles. The maximum atomic E-state index is 9.46. The molecule has 0 spiro atoms. The normalized spacial score (nSPS) is 11.0. The molecule has 0 atom stereocenters. The highest BCUT2D eigenvalue weighted by molar-refractivity contribution is 14.1. The number of nitrogens with zero attached hydrogens (tertiary/aromatic N) is 1. The van der Waals surface area contributed by atoms with Crippen molar-refractivity contribution < 1.29 is 5.11 Å². The first-order valence-electron chi connectivity index (χ1n) is 5.81. The van der Waals surface area contributed by atoms with Crippen LogP contribution in [-0.4, -0.2) is 11.3 Å². The van der Waals surface area contributed by atoms with E-state index < -0.39 is 0 Å². The third-order valence-corrected chi connectivity index (χ3v) is 3.56. The summed E-state index contributed by atoms with van der Waals surface area (Å²) < 4.78 is 0.834. The quantitative estimate of drug-likeness (QED) is 0.649. The lowest BCUT2D eigenvalue weighted by atomic mass is 10.1. The van der Waals surface area contributed by atoms with Crippen LogP contribution < -0.4 is 0 Å². The minimum Gasteiger partial charge on any atom is -0.507 e. The van der Waals surface area contributed by atoms with Gasteiger partial charge >= 0.3 is 0 Å². The molecule has 18 heavy (non-hydrogen) atoms. The highest BCUT2D eigenvalue weighted by Gasteiger charge is 1.99. The van der Waals surface area contributed by atoms with Gasteiger partial charge in [0.15, 0.2) is 0 Å². The summed E-state index contributed by atoms with van der Waals surface area (Å²) in [5, 5.41) is 9.46. The largest absolute Gasteiger partial charge is 0.507 e. The van der Waals surface area contributed by atoms with Crippen LogP contribution in [0.4, 0.5) is 5.69 Å². The van der Waals surface area contributed by atoms with Crippen LogP contribution in [0.3, 0.4) is 0 Å². The van der Waals surface area contributed by atoms with E-state index in [4.69, 9.17) is 0 Å². The van der Waals surface area contributed by atoms with Crippen molar-refractivity contribution in [2.45, 2.75) is 13.3 Å². The van der Waals surface area contributed by atoms with Crippen molar-refractivity contribution in [3.05, 3.63) is 57.2 Å². The lowest BCUT2D eigenvalue weighted by molar-refractivity contribution is 0.471. The Bertz CT molecular complexity index is 578. The molecular formula is C15H14INO. The average molecular weight is 351 g/mol. The van der Waals surface area contributed by atoms with Gasteiger partial charge in [-0.3, -0.25) is 4.99 Å². The molecule has 1 N–H and O–H groups in total. The summed E-state index contributed by atoms with van der Waals surface area (Å²) in [5.74, 6) is 0.307. The molecule has 0 saturated heterocycles. The van der Waals surface area contributed by atoms with Crippen molar-refractivity contribution in [2.75, 3.05) is 0 Å². The number of benzene rings is 2. The van der Waals surface area contributed by atoms with Crippen LogP contribution in [0.5, 0.6) is 5.75 Å². The molecule has 2 nitrogen and oxygen atoms in total. The molecule has 0 aliphatic heterocycles. The van der Waals surface area contributed by atoms with Crippen molar-refractivity contribution in [1.29, 1.82) is 0 Å². The first-order chi connectivity index (χ1) is 8.70. The van der Waals surface area contributed by atoms with Gasteiger partial charge in [0.25, 0.3) is 0 Å². The van der Waals surface area contributed by atoms with E-state index in [2.05, 4.69) is 40.6 Å². The zero-order valence-electron chi connectivity index (χ0n) is 10.1. The number of phenolic OH excluding ortho intramolecular Hbond substituents is 1. The fourth-order valence-electron chi connectivity index (χ4n) is 1.68. The van der Waals surface area contributed by atoms with E-state index >= 15 is 0 Å². The van der Waals surface area contributed by atoms with E-state index in [1.165, 1.54) is 5.56 Å². The van der Waals surface area contributed by atoms with Gasteiger partial charge in [0, 0.05) is 6.21 Å². The Labute approximate surface area is 121 Å². The summed E-state index contributed by atoms with van der Waals surface area (Å²) in [7, 11) is 0. The molecular weight excluding hydrogens is 337 g/mol. The Morgan fingerprint density at radius 2 is 2.00 bits per heavy atom. The van der Waals surface area contributed by atoms with E-state index in [0.717, 1.165) is 21.2 Å². The minimum atomic E-state index is 0.307. The molecule has 0 fully saturated rings. The van der Waals surface area contributed by atoms with Crippen LogP contribution in [-0.2, 0) is 6.42 Å². The van der Waals surface area contributed by atoms with Gasteiger partial charge in [0.2, 0.25) is 0 Å². The van der Waals surface area contributed by atoms with Crippen LogP contribution in [0.25, 0.3) is 0 Å². The van der Waals surface area contributed by atoms with Gasteiger partial charge in [-0.2, -0.15) is 0 Å². The molecule has 2 rings (SSSR count). The van der Waals surface area contributed by atoms with Gasteiger partial charge in [0.1, 0.15) is 5.75 Å². The third-order valence-electron chi connectivity index (χ3n) is 2.70. The summed E-state index contributed by atoms with van der Waals surface area (Å²) >= 11 is 2.11. The molecule has 0 aliphatic carbocycles. The summed E-state index contributed by atoms with van der Waals surface area (Å²) in [6, 6.07) is 13.6. The zero-order valence-corrected chi connectivity index (χ0v) is 12.3. The van der Waals surface area contributed by atoms with Crippen molar-refractivity contribution in [1.82, 2.24) is 0 Å². The molecule has 0 bridgehead atoms. The number of hydrogen-bond donors (Lipinski definition) is 1. The molecule has 2 aromatic rings. The third kappa shape index (κ3) is 3.10. The van der Waals surface area contributed by atoms with Crippen LogP contribution in [0.1, 0.15) is 18.1 Å². The number of phenols is 1. The number of halogens is 1. The summed E-state index contributed by atoms with van der Waals surface area (Å²) in [6.07, 6.45) is 2.80. The van der Waals surface area contributed by atoms with Gasteiger partial charge in [-0.1, -0.05) is 25.1 Å². The van der Waals surface area contributed by atoms with E-state index in [1.54, 1.807) is 6.07 Å². The number of aromatic hydroxyl groups is 1. The van der Waals surface area contributed by atoms with E-state index in [0.29, 0.717) is 5.75 Å². The van der Waals surface area contributed by atoms with Crippen molar-refractivity contribution in [3.63, 3.8) is 0 Å². The van der Waals surface area contributed by atoms with Crippen LogP contribution in [0.15, 0.2) is 47.5 Å². The SMILES string of the molecule is CCc1ccccc1N=Cc1ccc(O)c(I)c1. The second kappa shape index (κ2) is 6.00. The Morgan fingerprint density at radius 1 is 1.22 bits per heavy atom. The Morgan fingerprint density at radius 3 is 2.72 bits per heavy atom. The highest BCUT2D eigenvalue weighted by Crippen LogP contribution is 2.21. The van der Waals surface area contributed by atoms with Crippen molar-refractivity contribution in [3.8, 4) is 5.75 Å². The predicted octanol–water partition coefficient (Wildman–Crippen LogP) is 4.31. The Kier molecular flexibility index (Phi) is 4.36. The molecule has 0 saturated carbocycles. The van der Waals surface area contributed by atoms with Gasteiger partial charge in [0.05, 0.1) is 9.26 Å². The molecule has 0 radical (unpaired) electrons. The van der Waals surface area contributed by atoms with Gasteiger partial charge < -0.3 is 5.11 Å². The van der Waals surface area contributed by atoms with Crippen molar-refractivity contribution in [2.24, 2.45) is 4.99 Å². The topological polar surface area (TPSA) is 32.6 Å². The second-order valence-corrected chi connectivity index (χ2v) is 5.11. The molecule has 2 aromatic carbocycles. The molecule has 92 valence electrons. The lowest BCUT2D eigenvalue weighted by Crippen LogP contribution is -1.84. The van der Waals surface area contributed by atoms with Crippen LogP contribution in [0, 0.1) is 3.57 Å². The van der Waals surface area contributed by atoms with Crippen LogP contribution in [0.2, 0.25) is 0 Å².